The van der Waals surface area contributed by atoms with Crippen LogP contribution in [0.4, 0.5) is 0 Å². The molecule has 25 heavy (non-hydrogen) atoms. The lowest BCUT2D eigenvalue weighted by Gasteiger charge is -2.31. The van der Waals surface area contributed by atoms with Crippen molar-refractivity contribution in [2.45, 2.75) is 43.5 Å². The molecule has 1 heterocycles. The van der Waals surface area contributed by atoms with E-state index in [1.54, 1.807) is 12.1 Å². The molecule has 1 aliphatic rings. The SMILES string of the molecule is CNCCCC(=O)NC1CCN(S(=O)(=O)c2ccc(C)cc2)CC1.Cl. The van der Waals surface area contributed by atoms with Crippen molar-refractivity contribution in [2.24, 2.45) is 0 Å². The molecule has 0 radical (unpaired) electrons. The van der Waals surface area contributed by atoms with Crippen LogP contribution in [0.2, 0.25) is 0 Å². The summed E-state index contributed by atoms with van der Waals surface area (Å²) in [5.41, 5.74) is 1.04. The first kappa shape index (κ1) is 21.9. The number of aryl methyl sites for hydroxylation is 1. The number of piperidine rings is 1. The fourth-order valence-corrected chi connectivity index (χ4v) is 4.30. The minimum Gasteiger partial charge on any atom is -0.353 e. The first-order valence-electron chi connectivity index (χ1n) is 8.44. The molecule has 2 N–H and O–H groups in total. The third-order valence-electron chi connectivity index (χ3n) is 4.31. The first-order chi connectivity index (χ1) is 11.4. The lowest BCUT2D eigenvalue weighted by Crippen LogP contribution is -2.46. The van der Waals surface area contributed by atoms with Gasteiger partial charge in [-0.05, 0) is 51.9 Å². The second kappa shape index (κ2) is 10.1. The van der Waals surface area contributed by atoms with Crippen molar-refractivity contribution in [1.82, 2.24) is 14.9 Å². The molecule has 6 nitrogen and oxygen atoms in total. The zero-order valence-electron chi connectivity index (χ0n) is 14.8. The molecule has 0 aromatic heterocycles. The Morgan fingerprint density at radius 3 is 2.36 bits per heavy atom. The normalized spacial score (nSPS) is 16.2. The van der Waals surface area contributed by atoms with E-state index in [0.29, 0.717) is 37.2 Å². The van der Waals surface area contributed by atoms with Gasteiger partial charge in [0.05, 0.1) is 4.90 Å². The number of carbonyl (C=O) groups is 1. The van der Waals surface area contributed by atoms with Crippen LogP contribution in [-0.4, -0.2) is 51.4 Å². The van der Waals surface area contributed by atoms with E-state index in [-0.39, 0.29) is 24.4 Å². The van der Waals surface area contributed by atoms with E-state index >= 15 is 0 Å². The smallest absolute Gasteiger partial charge is 0.243 e. The number of nitrogens with one attached hydrogen (secondary N) is 2. The molecule has 0 atom stereocenters. The fourth-order valence-electron chi connectivity index (χ4n) is 2.83. The van der Waals surface area contributed by atoms with Crippen molar-refractivity contribution < 1.29 is 13.2 Å². The number of hydrogen-bond acceptors (Lipinski definition) is 4. The first-order valence-corrected chi connectivity index (χ1v) is 9.88. The molecular weight excluding hydrogens is 362 g/mol. The highest BCUT2D eigenvalue weighted by Gasteiger charge is 2.29. The van der Waals surface area contributed by atoms with Crippen LogP contribution in [-0.2, 0) is 14.8 Å². The molecule has 1 saturated heterocycles. The van der Waals surface area contributed by atoms with Gasteiger partial charge in [-0.3, -0.25) is 4.79 Å². The van der Waals surface area contributed by atoms with Crippen molar-refractivity contribution in [3.8, 4) is 0 Å². The fraction of sp³-hybridized carbons (Fsp3) is 0.588. The lowest BCUT2D eigenvalue weighted by atomic mass is 10.1. The van der Waals surface area contributed by atoms with Crippen molar-refractivity contribution in [2.75, 3.05) is 26.7 Å². The number of carbonyl (C=O) groups excluding carboxylic acids is 1. The highest BCUT2D eigenvalue weighted by Crippen LogP contribution is 2.21. The van der Waals surface area contributed by atoms with Gasteiger partial charge in [0.2, 0.25) is 15.9 Å². The van der Waals surface area contributed by atoms with Gasteiger partial charge in [0.1, 0.15) is 0 Å². The second-order valence-electron chi connectivity index (χ2n) is 6.27. The molecule has 0 saturated carbocycles. The average Bonchev–Trinajstić information content (AvgIpc) is 2.56. The van der Waals surface area contributed by atoms with Gasteiger partial charge in [0.25, 0.3) is 0 Å². The van der Waals surface area contributed by atoms with Crippen LogP contribution in [0.1, 0.15) is 31.2 Å². The summed E-state index contributed by atoms with van der Waals surface area (Å²) in [5, 5.41) is 6.02. The quantitative estimate of drug-likeness (QED) is 0.695. The van der Waals surface area contributed by atoms with Gasteiger partial charge in [-0.15, -0.1) is 12.4 Å². The van der Waals surface area contributed by atoms with Crippen LogP contribution >= 0.6 is 12.4 Å². The van der Waals surface area contributed by atoms with Crippen LogP contribution in [0.25, 0.3) is 0 Å². The number of rotatable bonds is 7. The van der Waals surface area contributed by atoms with Crippen LogP contribution in [0.15, 0.2) is 29.2 Å². The van der Waals surface area contributed by atoms with E-state index in [4.69, 9.17) is 0 Å². The summed E-state index contributed by atoms with van der Waals surface area (Å²) < 4.78 is 26.8. The maximum absolute atomic E-state index is 12.6. The number of halogens is 1. The maximum Gasteiger partial charge on any atom is 0.243 e. The Balaban J connectivity index is 0.00000312. The third-order valence-corrected chi connectivity index (χ3v) is 6.22. The van der Waals surface area contributed by atoms with Crippen molar-refractivity contribution in [3.63, 3.8) is 0 Å². The zero-order valence-corrected chi connectivity index (χ0v) is 16.5. The Labute approximate surface area is 156 Å². The highest BCUT2D eigenvalue weighted by molar-refractivity contribution is 7.89. The molecule has 1 aliphatic heterocycles. The van der Waals surface area contributed by atoms with Gasteiger partial charge in [0, 0.05) is 25.6 Å². The van der Waals surface area contributed by atoms with Crippen LogP contribution < -0.4 is 10.6 Å². The molecular formula is C17H28ClN3O3S. The molecule has 0 unspecified atom stereocenters. The van der Waals surface area contributed by atoms with E-state index in [1.165, 1.54) is 4.31 Å². The topological polar surface area (TPSA) is 78.5 Å². The Kier molecular flexibility index (Phi) is 8.85. The van der Waals surface area contributed by atoms with Crippen LogP contribution in [0.5, 0.6) is 0 Å². The minimum atomic E-state index is -3.44. The molecule has 0 bridgehead atoms. The molecule has 0 spiro atoms. The summed E-state index contributed by atoms with van der Waals surface area (Å²) in [5.74, 6) is 0.0464. The minimum absolute atomic E-state index is 0. The second-order valence-corrected chi connectivity index (χ2v) is 8.20. The number of sulfonamides is 1. The molecule has 1 aromatic rings. The van der Waals surface area contributed by atoms with Crippen molar-refractivity contribution >= 4 is 28.3 Å². The van der Waals surface area contributed by atoms with E-state index in [1.807, 2.05) is 26.1 Å². The summed E-state index contributed by atoms with van der Waals surface area (Å²) in [6.07, 6.45) is 2.62. The standard InChI is InChI=1S/C17H27N3O3S.ClH/c1-14-5-7-16(8-6-14)24(22,23)20-12-9-15(10-13-20)19-17(21)4-3-11-18-2;/h5-8,15,18H,3-4,9-13H2,1-2H3,(H,19,21);1H. The van der Waals surface area contributed by atoms with E-state index < -0.39 is 10.0 Å². The van der Waals surface area contributed by atoms with Gasteiger partial charge in [-0.2, -0.15) is 4.31 Å². The van der Waals surface area contributed by atoms with Crippen molar-refractivity contribution in [1.29, 1.82) is 0 Å². The number of amides is 1. The molecule has 2 rings (SSSR count). The predicted molar refractivity (Wildman–Crippen MR) is 102 cm³/mol. The average molecular weight is 390 g/mol. The molecule has 1 aromatic carbocycles. The van der Waals surface area contributed by atoms with Gasteiger partial charge < -0.3 is 10.6 Å². The summed E-state index contributed by atoms with van der Waals surface area (Å²) >= 11 is 0. The van der Waals surface area contributed by atoms with E-state index in [2.05, 4.69) is 10.6 Å². The Morgan fingerprint density at radius 2 is 1.80 bits per heavy atom. The molecule has 8 heteroatoms. The van der Waals surface area contributed by atoms with E-state index in [9.17, 15) is 13.2 Å². The Morgan fingerprint density at radius 1 is 1.20 bits per heavy atom. The third kappa shape index (κ3) is 6.26. The lowest BCUT2D eigenvalue weighted by molar-refractivity contribution is -0.122. The monoisotopic (exact) mass is 389 g/mol. The number of benzene rings is 1. The molecule has 0 aliphatic carbocycles. The van der Waals surface area contributed by atoms with Crippen LogP contribution in [0, 0.1) is 6.92 Å². The molecule has 1 fully saturated rings. The summed E-state index contributed by atoms with van der Waals surface area (Å²) in [7, 11) is -1.57. The summed E-state index contributed by atoms with van der Waals surface area (Å²) in [6, 6.07) is 6.99. The zero-order chi connectivity index (χ0) is 17.6. The molecule has 142 valence electrons. The maximum atomic E-state index is 12.6. The predicted octanol–water partition coefficient (Wildman–Crippen LogP) is 1.69. The largest absolute Gasteiger partial charge is 0.353 e. The van der Waals surface area contributed by atoms with Gasteiger partial charge in [0.15, 0.2) is 0 Å². The van der Waals surface area contributed by atoms with E-state index in [0.717, 1.165) is 18.5 Å². The Hall–Kier alpha value is -1.15. The van der Waals surface area contributed by atoms with Crippen LogP contribution in [0.3, 0.4) is 0 Å². The Bertz CT molecular complexity index is 642. The summed E-state index contributed by atoms with van der Waals surface area (Å²) in [6.45, 7) is 3.64. The van der Waals surface area contributed by atoms with Gasteiger partial charge in [-0.1, -0.05) is 17.7 Å². The number of hydrogen-bond donors (Lipinski definition) is 2. The molecule has 1 amide bonds. The summed E-state index contributed by atoms with van der Waals surface area (Å²) in [4.78, 5) is 12.2. The van der Waals surface area contributed by atoms with Crippen molar-refractivity contribution in [3.05, 3.63) is 29.8 Å². The van der Waals surface area contributed by atoms with Gasteiger partial charge >= 0.3 is 0 Å². The highest BCUT2D eigenvalue weighted by atomic mass is 35.5. The number of nitrogens with zero attached hydrogens (tertiary/aromatic N) is 1. The van der Waals surface area contributed by atoms with Gasteiger partial charge in [-0.25, -0.2) is 8.42 Å².